The molecular formula is C36H66N2O7Si2. The molecule has 270 valence electrons. The van der Waals surface area contributed by atoms with Crippen molar-refractivity contribution in [2.75, 3.05) is 0 Å². The number of carbonyl (C=O) groups is 3. The molecule has 0 spiro atoms. The van der Waals surface area contributed by atoms with Gasteiger partial charge in [0.2, 0.25) is 5.91 Å². The first kappa shape index (κ1) is 42.5. The van der Waals surface area contributed by atoms with Gasteiger partial charge in [0.15, 0.2) is 0 Å². The van der Waals surface area contributed by atoms with Crippen molar-refractivity contribution in [1.29, 1.82) is 0 Å². The molecule has 0 bridgehead atoms. The van der Waals surface area contributed by atoms with E-state index in [9.17, 15) is 14.4 Å². The van der Waals surface area contributed by atoms with Crippen LogP contribution >= 0.6 is 0 Å². The molecule has 1 rings (SSSR count). The summed E-state index contributed by atoms with van der Waals surface area (Å²) in [5.41, 5.74) is -0.728. The Morgan fingerprint density at radius 2 is 1.15 bits per heavy atom. The SMILES string of the molecule is CC(C)C[C@H](NC(=O)OC(C)(C)C)C(=O)N[C@@H](Cc1ccc(O[Si](C)(C)C(C)(C)C)c(O[Si](C)(C)C(C)(C)C)c1)C(=O)OC(C)(C)C. The zero-order valence-electron chi connectivity index (χ0n) is 32.7. The number of hydrogen-bond acceptors (Lipinski definition) is 7. The van der Waals surface area contributed by atoms with Gasteiger partial charge in [0, 0.05) is 6.42 Å². The highest BCUT2D eigenvalue weighted by Crippen LogP contribution is 2.44. The molecule has 2 atom stereocenters. The highest BCUT2D eigenvalue weighted by Gasteiger charge is 2.42. The van der Waals surface area contributed by atoms with Gasteiger partial charge in [-0.3, -0.25) is 4.79 Å². The normalized spacial score (nSPS) is 14.6. The fraction of sp³-hybridized carbons (Fsp3) is 0.750. The number of alkyl carbamates (subject to hydrolysis) is 1. The van der Waals surface area contributed by atoms with Crippen molar-refractivity contribution >= 4 is 34.6 Å². The van der Waals surface area contributed by atoms with Crippen LogP contribution in [0.2, 0.25) is 36.3 Å². The van der Waals surface area contributed by atoms with E-state index in [4.69, 9.17) is 18.3 Å². The van der Waals surface area contributed by atoms with Gasteiger partial charge >= 0.3 is 12.1 Å². The highest BCUT2D eigenvalue weighted by molar-refractivity contribution is 6.75. The average molecular weight is 695 g/mol. The molecule has 0 heterocycles. The van der Waals surface area contributed by atoms with Gasteiger partial charge in [-0.15, -0.1) is 0 Å². The lowest BCUT2D eigenvalue weighted by atomic mass is 10.0. The zero-order chi connectivity index (χ0) is 37.0. The van der Waals surface area contributed by atoms with Crippen LogP contribution in [0.3, 0.4) is 0 Å². The minimum absolute atomic E-state index is 0.0220. The molecule has 2 N–H and O–H groups in total. The summed E-state index contributed by atoms with van der Waals surface area (Å²) in [7, 11) is -4.49. The molecule has 0 fully saturated rings. The van der Waals surface area contributed by atoms with Crippen LogP contribution in [-0.2, 0) is 25.5 Å². The molecule has 2 amide bonds. The fourth-order valence-corrected chi connectivity index (χ4v) is 5.97. The Morgan fingerprint density at radius 1 is 0.681 bits per heavy atom. The lowest BCUT2D eigenvalue weighted by Crippen LogP contribution is -2.54. The number of carbonyl (C=O) groups excluding carboxylic acids is 3. The van der Waals surface area contributed by atoms with Gasteiger partial charge in [-0.1, -0.05) is 61.5 Å². The van der Waals surface area contributed by atoms with Gasteiger partial charge in [0.25, 0.3) is 16.6 Å². The van der Waals surface area contributed by atoms with E-state index in [0.29, 0.717) is 17.9 Å². The van der Waals surface area contributed by atoms with Gasteiger partial charge in [0.1, 0.15) is 34.8 Å². The van der Waals surface area contributed by atoms with Crippen molar-refractivity contribution in [2.45, 2.75) is 169 Å². The van der Waals surface area contributed by atoms with Gasteiger partial charge in [-0.25, -0.2) is 9.59 Å². The summed E-state index contributed by atoms with van der Waals surface area (Å²) in [5.74, 6) is 0.346. The van der Waals surface area contributed by atoms with Crippen LogP contribution < -0.4 is 19.5 Å². The topological polar surface area (TPSA) is 112 Å². The minimum atomic E-state index is -2.28. The van der Waals surface area contributed by atoms with E-state index in [0.717, 1.165) is 5.56 Å². The maximum atomic E-state index is 13.7. The smallest absolute Gasteiger partial charge is 0.408 e. The van der Waals surface area contributed by atoms with Crippen molar-refractivity contribution in [1.82, 2.24) is 10.6 Å². The molecule has 0 aliphatic carbocycles. The number of hydrogen-bond donors (Lipinski definition) is 2. The summed E-state index contributed by atoms with van der Waals surface area (Å²) in [6, 6.07) is 3.82. The van der Waals surface area contributed by atoms with E-state index in [1.54, 1.807) is 41.5 Å². The number of nitrogens with one attached hydrogen (secondary N) is 2. The number of esters is 1. The predicted molar refractivity (Wildman–Crippen MR) is 196 cm³/mol. The first-order chi connectivity index (χ1) is 20.8. The second kappa shape index (κ2) is 15.3. The molecule has 0 aliphatic heterocycles. The molecular weight excluding hydrogens is 629 g/mol. The lowest BCUT2D eigenvalue weighted by Gasteiger charge is -2.40. The van der Waals surface area contributed by atoms with Crippen LogP contribution in [0.15, 0.2) is 18.2 Å². The summed E-state index contributed by atoms with van der Waals surface area (Å²) >= 11 is 0. The van der Waals surface area contributed by atoms with Crippen LogP contribution in [0.25, 0.3) is 0 Å². The fourth-order valence-electron chi connectivity index (χ4n) is 3.93. The van der Waals surface area contributed by atoms with Gasteiger partial charge in [0.05, 0.1) is 0 Å². The van der Waals surface area contributed by atoms with Crippen molar-refractivity contribution < 1.29 is 32.7 Å². The monoisotopic (exact) mass is 694 g/mol. The second-order valence-corrected chi connectivity index (χ2v) is 27.6. The third-order valence-corrected chi connectivity index (χ3v) is 17.2. The Bertz CT molecular complexity index is 1230. The number of benzene rings is 1. The molecule has 47 heavy (non-hydrogen) atoms. The Morgan fingerprint density at radius 3 is 1.57 bits per heavy atom. The Labute approximate surface area is 287 Å². The molecule has 0 radical (unpaired) electrons. The van der Waals surface area contributed by atoms with Crippen LogP contribution in [0.5, 0.6) is 11.5 Å². The van der Waals surface area contributed by atoms with Crippen LogP contribution in [0.1, 0.15) is 109 Å². The van der Waals surface area contributed by atoms with Crippen molar-refractivity contribution in [3.05, 3.63) is 23.8 Å². The third-order valence-electron chi connectivity index (χ3n) is 8.51. The van der Waals surface area contributed by atoms with E-state index >= 15 is 0 Å². The second-order valence-electron chi connectivity index (χ2n) is 18.1. The maximum Gasteiger partial charge on any atom is 0.408 e. The van der Waals surface area contributed by atoms with Crippen LogP contribution in [-0.4, -0.2) is 57.9 Å². The van der Waals surface area contributed by atoms with E-state index in [1.807, 2.05) is 32.0 Å². The minimum Gasteiger partial charge on any atom is -0.541 e. The molecule has 1 aromatic rings. The van der Waals surface area contributed by atoms with Crippen molar-refractivity contribution in [3.8, 4) is 11.5 Å². The average Bonchev–Trinajstić information content (AvgIpc) is 2.80. The molecule has 11 heteroatoms. The number of amides is 2. The molecule has 0 saturated heterocycles. The standard InChI is InChI=1S/C36H66N2O7Si2/c1-24(2)21-26(38-32(41)43-34(6,7)8)30(39)37-27(31(40)42-33(3,4)5)22-25-19-20-28(44-46(15,16)35(9,10)11)29(23-25)45-47(17,18)36(12,13)14/h19-20,23-24,26-27H,21-22H2,1-18H3,(H,37,39)(H,38,41)/t26-,27-/m0/s1. The molecule has 0 saturated carbocycles. The zero-order valence-corrected chi connectivity index (χ0v) is 34.7. The lowest BCUT2D eigenvalue weighted by molar-refractivity contribution is -0.158. The molecule has 0 aromatic heterocycles. The summed E-state index contributed by atoms with van der Waals surface area (Å²) in [5, 5.41) is 5.50. The highest BCUT2D eigenvalue weighted by atomic mass is 28.4. The number of ether oxygens (including phenoxy) is 2. The molecule has 0 unspecified atom stereocenters. The van der Waals surface area contributed by atoms with Gasteiger partial charge in [-0.2, -0.15) is 0 Å². The van der Waals surface area contributed by atoms with Gasteiger partial charge in [-0.05, 0) is 108 Å². The van der Waals surface area contributed by atoms with E-state index in [2.05, 4.69) is 78.4 Å². The largest absolute Gasteiger partial charge is 0.541 e. The van der Waals surface area contributed by atoms with Crippen LogP contribution in [0.4, 0.5) is 4.79 Å². The molecule has 9 nitrogen and oxygen atoms in total. The summed E-state index contributed by atoms with van der Waals surface area (Å²) in [6.45, 7) is 36.5. The first-order valence-corrected chi connectivity index (χ1v) is 22.7. The molecule has 1 aromatic carbocycles. The van der Waals surface area contributed by atoms with E-state index < -0.39 is 57.9 Å². The first-order valence-electron chi connectivity index (χ1n) is 16.9. The summed E-state index contributed by atoms with van der Waals surface area (Å²) < 4.78 is 24.8. The quantitative estimate of drug-likeness (QED) is 0.166. The van der Waals surface area contributed by atoms with Crippen LogP contribution in [0, 0.1) is 5.92 Å². The third kappa shape index (κ3) is 14.2. The Kier molecular flexibility index (Phi) is 13.9. The Hall–Kier alpha value is -2.54. The van der Waals surface area contributed by atoms with Crippen molar-refractivity contribution in [3.63, 3.8) is 0 Å². The van der Waals surface area contributed by atoms with E-state index in [-0.39, 0.29) is 22.4 Å². The Balaban J connectivity index is 3.60. The maximum absolute atomic E-state index is 13.7. The summed E-state index contributed by atoms with van der Waals surface area (Å²) in [6.07, 6.45) is -0.192. The summed E-state index contributed by atoms with van der Waals surface area (Å²) in [4.78, 5) is 39.9. The van der Waals surface area contributed by atoms with E-state index in [1.165, 1.54) is 0 Å². The molecule has 0 aliphatic rings. The number of rotatable bonds is 12. The van der Waals surface area contributed by atoms with Gasteiger partial charge < -0.3 is 29.0 Å². The predicted octanol–water partition coefficient (Wildman–Crippen LogP) is 8.76. The van der Waals surface area contributed by atoms with Crippen molar-refractivity contribution in [2.24, 2.45) is 5.92 Å².